The third kappa shape index (κ3) is 1.84. The number of phenols is 1. The zero-order chi connectivity index (χ0) is 12.5. The first kappa shape index (κ1) is 11.3. The number of aromatic hydroxyl groups is 1. The van der Waals surface area contributed by atoms with E-state index in [0.29, 0.717) is 12.1 Å². The van der Waals surface area contributed by atoms with E-state index in [9.17, 15) is 30.3 Å². The number of nitro groups is 3. The van der Waals surface area contributed by atoms with E-state index in [4.69, 9.17) is 5.11 Å². The molecule has 0 unspecified atom stereocenters. The summed E-state index contributed by atoms with van der Waals surface area (Å²) in [5.74, 6) is -0.788. The summed E-state index contributed by atoms with van der Waals surface area (Å²) in [6.45, 7) is 0. The van der Waals surface area contributed by atoms with Gasteiger partial charge in [0.05, 0.1) is 26.9 Å². The van der Waals surface area contributed by atoms with Crippen molar-refractivity contribution in [3.8, 4) is 5.75 Å². The molecule has 16 heavy (non-hydrogen) atoms. The van der Waals surface area contributed by atoms with Gasteiger partial charge in [-0.2, -0.15) is 0 Å². The molecule has 0 aromatic heterocycles. The second kappa shape index (κ2) is 3.76. The Labute approximate surface area is 86.2 Å². The maximum atomic E-state index is 10.5. The van der Waals surface area contributed by atoms with Crippen molar-refractivity contribution in [3.63, 3.8) is 0 Å². The summed E-state index contributed by atoms with van der Waals surface area (Å²) in [4.78, 5) is 27.7. The summed E-state index contributed by atoms with van der Waals surface area (Å²) in [5, 5.41) is 40.3. The van der Waals surface area contributed by atoms with E-state index in [0.717, 1.165) is 0 Å². The van der Waals surface area contributed by atoms with Gasteiger partial charge in [-0.1, -0.05) is 0 Å². The predicted molar refractivity (Wildman–Crippen MR) is 48.1 cm³/mol. The van der Waals surface area contributed by atoms with E-state index in [1.54, 1.807) is 0 Å². The quantitative estimate of drug-likeness (QED) is 0.602. The van der Waals surface area contributed by atoms with Gasteiger partial charge in [-0.15, -0.1) is 0 Å². The predicted octanol–water partition coefficient (Wildman–Crippen LogP) is 1.12. The van der Waals surface area contributed by atoms with Crippen molar-refractivity contribution in [2.24, 2.45) is 0 Å². The van der Waals surface area contributed by atoms with Crippen molar-refractivity contribution in [2.45, 2.75) is 0 Å². The largest absolute Gasteiger partial charge is 0.507 e. The summed E-state index contributed by atoms with van der Waals surface area (Å²) in [6, 6.07) is 0.955. The van der Waals surface area contributed by atoms with Gasteiger partial charge in [0.15, 0.2) is 0 Å². The molecule has 10 nitrogen and oxygen atoms in total. The van der Waals surface area contributed by atoms with Crippen LogP contribution in [0.3, 0.4) is 0 Å². The molecule has 0 aliphatic rings. The average Bonchev–Trinajstić information content (AvgIpc) is 2.15. The molecule has 0 aliphatic heterocycles. The molecule has 0 bridgehead atoms. The summed E-state index contributed by atoms with van der Waals surface area (Å²) >= 11 is 0. The fourth-order valence-electron chi connectivity index (χ4n) is 1.06. The number of benzene rings is 1. The zero-order valence-electron chi connectivity index (χ0n) is 7.39. The van der Waals surface area contributed by atoms with Crippen LogP contribution in [0.15, 0.2) is 12.1 Å². The molecular weight excluding hydrogens is 226 g/mol. The lowest BCUT2D eigenvalue weighted by Gasteiger charge is -1.97. The Morgan fingerprint density at radius 1 is 0.875 bits per heavy atom. The minimum absolute atomic E-state index is 0.477. The number of nitrogens with zero attached hydrogens (tertiary/aromatic N) is 3. The van der Waals surface area contributed by atoms with E-state index < -0.39 is 37.6 Å². The van der Waals surface area contributed by atoms with Gasteiger partial charge < -0.3 is 5.11 Å². The monoisotopic (exact) mass is 229 g/mol. The zero-order valence-corrected chi connectivity index (χ0v) is 7.39. The van der Waals surface area contributed by atoms with E-state index in [1.807, 2.05) is 0 Å². The highest BCUT2D eigenvalue weighted by Gasteiger charge is 2.36. The maximum Gasteiger partial charge on any atom is 0.422 e. The third-order valence-electron chi connectivity index (χ3n) is 1.63. The van der Waals surface area contributed by atoms with Crippen LogP contribution in [-0.4, -0.2) is 19.9 Å². The Morgan fingerprint density at radius 3 is 1.50 bits per heavy atom. The normalized spacial score (nSPS) is 9.75. The third-order valence-corrected chi connectivity index (χ3v) is 1.63. The highest BCUT2D eigenvalue weighted by atomic mass is 16.6. The van der Waals surface area contributed by atoms with Crippen LogP contribution in [0.1, 0.15) is 0 Å². The van der Waals surface area contributed by atoms with Crippen molar-refractivity contribution in [3.05, 3.63) is 42.5 Å². The van der Waals surface area contributed by atoms with E-state index >= 15 is 0 Å². The molecular formula is C6H3N3O7. The molecule has 0 amide bonds. The van der Waals surface area contributed by atoms with Crippen LogP contribution in [0.2, 0.25) is 0 Å². The molecule has 0 fully saturated rings. The first-order valence-electron chi connectivity index (χ1n) is 3.64. The molecule has 1 N–H and O–H groups in total. The second-order valence-electron chi connectivity index (χ2n) is 2.60. The smallest absolute Gasteiger partial charge is 0.422 e. The number of phenolic OH excluding ortho intramolecular Hbond substituents is 1. The van der Waals surface area contributed by atoms with Gasteiger partial charge in [-0.25, -0.2) is 0 Å². The molecule has 0 heterocycles. The van der Waals surface area contributed by atoms with Gasteiger partial charge in [-0.05, 0) is 0 Å². The van der Waals surface area contributed by atoms with Crippen LogP contribution in [-0.2, 0) is 0 Å². The topological polar surface area (TPSA) is 150 Å². The summed E-state index contributed by atoms with van der Waals surface area (Å²) in [7, 11) is 0. The van der Waals surface area contributed by atoms with Crippen molar-refractivity contribution in [1.29, 1.82) is 0 Å². The van der Waals surface area contributed by atoms with E-state index in [-0.39, 0.29) is 0 Å². The first-order chi connectivity index (χ1) is 7.34. The van der Waals surface area contributed by atoms with Crippen molar-refractivity contribution < 1.29 is 19.9 Å². The molecule has 84 valence electrons. The molecule has 0 spiro atoms. The van der Waals surface area contributed by atoms with Gasteiger partial charge in [0, 0.05) is 0 Å². The van der Waals surface area contributed by atoms with Crippen LogP contribution in [0.5, 0.6) is 5.75 Å². The van der Waals surface area contributed by atoms with Gasteiger partial charge >= 0.3 is 17.1 Å². The molecule has 0 saturated heterocycles. The van der Waals surface area contributed by atoms with E-state index in [2.05, 4.69) is 0 Å². The van der Waals surface area contributed by atoms with Gasteiger partial charge in [-0.3, -0.25) is 30.3 Å². The fourth-order valence-corrected chi connectivity index (χ4v) is 1.06. The van der Waals surface area contributed by atoms with Gasteiger partial charge in [0.25, 0.3) is 0 Å². The molecule has 0 radical (unpaired) electrons. The lowest BCUT2D eigenvalue weighted by atomic mass is 10.2. The van der Waals surface area contributed by atoms with Crippen molar-refractivity contribution in [1.82, 2.24) is 0 Å². The molecule has 0 aliphatic carbocycles. The summed E-state index contributed by atoms with van der Waals surface area (Å²) < 4.78 is 0. The number of rotatable bonds is 3. The average molecular weight is 229 g/mol. The maximum absolute atomic E-state index is 10.5. The first-order valence-corrected chi connectivity index (χ1v) is 3.64. The highest BCUT2D eigenvalue weighted by Crippen LogP contribution is 2.39. The highest BCUT2D eigenvalue weighted by molar-refractivity contribution is 5.68. The van der Waals surface area contributed by atoms with Crippen LogP contribution in [0, 0.1) is 30.3 Å². The Morgan fingerprint density at radius 2 is 1.25 bits per heavy atom. The number of hydrogen-bond acceptors (Lipinski definition) is 7. The second-order valence-corrected chi connectivity index (χ2v) is 2.60. The molecule has 1 aromatic rings. The van der Waals surface area contributed by atoms with Crippen LogP contribution in [0.4, 0.5) is 17.1 Å². The fraction of sp³-hybridized carbons (Fsp3) is 0. The van der Waals surface area contributed by atoms with Gasteiger partial charge in [0.1, 0.15) is 5.75 Å². The molecule has 10 heteroatoms. The Kier molecular flexibility index (Phi) is 2.66. The Hall–Kier alpha value is -2.78. The Bertz CT molecular complexity index is 462. The summed E-state index contributed by atoms with van der Waals surface area (Å²) in [5.41, 5.74) is -3.51. The van der Waals surface area contributed by atoms with Gasteiger partial charge in [0.2, 0.25) is 0 Å². The number of nitro benzene ring substituents is 3. The number of hydrogen-bond donors (Lipinski definition) is 1. The summed E-state index contributed by atoms with van der Waals surface area (Å²) in [6.07, 6.45) is 0. The van der Waals surface area contributed by atoms with Crippen LogP contribution < -0.4 is 0 Å². The van der Waals surface area contributed by atoms with E-state index in [1.165, 1.54) is 0 Å². The lowest BCUT2D eigenvalue weighted by Crippen LogP contribution is -2.01. The Balaban J connectivity index is 3.67. The van der Waals surface area contributed by atoms with Crippen molar-refractivity contribution >= 4 is 17.1 Å². The minimum atomic E-state index is -1.26. The molecule has 0 saturated carbocycles. The van der Waals surface area contributed by atoms with Crippen LogP contribution in [0.25, 0.3) is 0 Å². The van der Waals surface area contributed by atoms with Crippen LogP contribution >= 0.6 is 0 Å². The molecule has 1 rings (SSSR count). The van der Waals surface area contributed by atoms with Crippen molar-refractivity contribution in [2.75, 3.05) is 0 Å². The standard InChI is InChI=1S/C6H3N3O7/c10-3-1-4(7(11)12)6(9(15)16)5(2-3)8(13)14/h1-2,10H. The minimum Gasteiger partial charge on any atom is -0.507 e. The molecule has 0 atom stereocenters. The lowest BCUT2D eigenvalue weighted by molar-refractivity contribution is -0.441. The molecule has 1 aromatic carbocycles. The SMILES string of the molecule is O=[N+]([O-])c1cc(O)cc([N+](=O)[O-])c1[N+](=O)[O-].